The normalized spacial score (nSPS) is 16.3. The van der Waals surface area contributed by atoms with E-state index in [9.17, 15) is 4.79 Å². The molecule has 0 aliphatic heterocycles. The molecule has 0 atom stereocenters. The van der Waals surface area contributed by atoms with E-state index in [0.717, 1.165) is 30.2 Å². The number of aromatic nitrogens is 1. The number of carbonyl (C=O) groups is 1. The van der Waals surface area contributed by atoms with Crippen LogP contribution in [-0.4, -0.2) is 10.4 Å². The summed E-state index contributed by atoms with van der Waals surface area (Å²) in [7, 11) is 2.03. The molecular formula is C17H21NO. The van der Waals surface area contributed by atoms with Gasteiger partial charge in [-0.25, -0.2) is 0 Å². The Labute approximate surface area is 114 Å². The molecular weight excluding hydrogens is 234 g/mol. The molecule has 1 aromatic carbocycles. The highest BCUT2D eigenvalue weighted by Crippen LogP contribution is 2.31. The van der Waals surface area contributed by atoms with Crippen LogP contribution in [-0.2, 0) is 13.5 Å². The Morgan fingerprint density at radius 3 is 2.74 bits per heavy atom. The highest BCUT2D eigenvalue weighted by molar-refractivity contribution is 6.09. The van der Waals surface area contributed by atoms with Crippen molar-refractivity contribution in [2.75, 3.05) is 0 Å². The number of Topliss-reactive ketones (excluding diaryl/α,β-unsaturated/α-hetero) is 1. The lowest BCUT2D eigenvalue weighted by Gasteiger charge is -2.06. The number of hydrogen-bond donors (Lipinski definition) is 0. The summed E-state index contributed by atoms with van der Waals surface area (Å²) in [4.78, 5) is 12.7. The van der Waals surface area contributed by atoms with Crippen LogP contribution < -0.4 is 0 Å². The fourth-order valence-corrected chi connectivity index (χ4v) is 3.26. The zero-order chi connectivity index (χ0) is 13.4. The van der Waals surface area contributed by atoms with Gasteiger partial charge < -0.3 is 4.57 Å². The zero-order valence-electron chi connectivity index (χ0n) is 11.8. The van der Waals surface area contributed by atoms with Gasteiger partial charge in [0, 0.05) is 35.6 Å². The molecule has 0 N–H and O–H groups in total. The minimum atomic E-state index is 0.260. The molecule has 1 fully saturated rings. The lowest BCUT2D eigenvalue weighted by molar-refractivity contribution is 0.0924. The van der Waals surface area contributed by atoms with Crippen LogP contribution in [0.25, 0.3) is 10.9 Å². The Bertz CT molecular complexity index is 617. The van der Waals surface area contributed by atoms with Gasteiger partial charge in [-0.15, -0.1) is 0 Å². The van der Waals surface area contributed by atoms with Crippen molar-refractivity contribution in [1.82, 2.24) is 4.57 Å². The Hall–Kier alpha value is -1.57. The first kappa shape index (κ1) is 12.5. The molecule has 3 rings (SSSR count). The topological polar surface area (TPSA) is 22.0 Å². The highest BCUT2D eigenvalue weighted by atomic mass is 16.1. The number of carbonyl (C=O) groups excluding carboxylic acids is 1. The third-order valence-electron chi connectivity index (χ3n) is 4.45. The molecule has 0 unspecified atom stereocenters. The molecule has 1 aromatic heterocycles. The molecule has 1 saturated carbocycles. The van der Waals surface area contributed by atoms with Crippen molar-refractivity contribution in [3.63, 3.8) is 0 Å². The maximum atomic E-state index is 12.7. The van der Waals surface area contributed by atoms with Gasteiger partial charge in [-0.2, -0.15) is 0 Å². The molecule has 0 saturated heterocycles. The standard InChI is InChI=1S/C17H21NO/c1-3-12-8-9-16-14(10-12)15(11-18(16)2)17(19)13-6-4-5-7-13/h8-11,13H,3-7H2,1-2H3. The van der Waals surface area contributed by atoms with E-state index < -0.39 is 0 Å². The largest absolute Gasteiger partial charge is 0.350 e. The van der Waals surface area contributed by atoms with Crippen molar-refractivity contribution in [3.05, 3.63) is 35.5 Å². The average molecular weight is 255 g/mol. The van der Waals surface area contributed by atoms with Crippen LogP contribution >= 0.6 is 0 Å². The zero-order valence-corrected chi connectivity index (χ0v) is 11.8. The van der Waals surface area contributed by atoms with Crippen molar-refractivity contribution in [2.45, 2.75) is 39.0 Å². The molecule has 2 heteroatoms. The van der Waals surface area contributed by atoms with Crippen molar-refractivity contribution >= 4 is 16.7 Å². The fourth-order valence-electron chi connectivity index (χ4n) is 3.26. The third-order valence-corrected chi connectivity index (χ3v) is 4.45. The number of hydrogen-bond acceptors (Lipinski definition) is 1. The Kier molecular flexibility index (Phi) is 3.17. The maximum absolute atomic E-state index is 12.7. The molecule has 0 amide bonds. The monoisotopic (exact) mass is 255 g/mol. The Balaban J connectivity index is 2.09. The Morgan fingerprint density at radius 2 is 2.05 bits per heavy atom. The number of aryl methyl sites for hydroxylation is 2. The molecule has 0 spiro atoms. The van der Waals surface area contributed by atoms with Crippen LogP contribution in [0.15, 0.2) is 24.4 Å². The van der Waals surface area contributed by atoms with Gasteiger partial charge in [-0.3, -0.25) is 4.79 Å². The number of ketones is 1. The summed E-state index contributed by atoms with van der Waals surface area (Å²) in [6.45, 7) is 2.16. The first-order chi connectivity index (χ1) is 9.20. The van der Waals surface area contributed by atoms with E-state index in [2.05, 4.69) is 29.7 Å². The van der Waals surface area contributed by atoms with Gasteiger partial charge in [0.05, 0.1) is 0 Å². The maximum Gasteiger partial charge on any atom is 0.168 e. The van der Waals surface area contributed by atoms with Gasteiger partial charge in [-0.1, -0.05) is 25.8 Å². The van der Waals surface area contributed by atoms with Crippen LogP contribution in [0.1, 0.15) is 48.5 Å². The van der Waals surface area contributed by atoms with E-state index in [1.54, 1.807) is 0 Å². The van der Waals surface area contributed by atoms with Gasteiger partial charge in [0.2, 0.25) is 0 Å². The number of rotatable bonds is 3. The van der Waals surface area contributed by atoms with Crippen LogP contribution in [0.4, 0.5) is 0 Å². The van der Waals surface area contributed by atoms with E-state index in [0.29, 0.717) is 5.78 Å². The van der Waals surface area contributed by atoms with Gasteiger partial charge in [-0.05, 0) is 37.0 Å². The van der Waals surface area contributed by atoms with E-state index in [1.165, 1.54) is 23.9 Å². The van der Waals surface area contributed by atoms with Gasteiger partial charge in [0.25, 0.3) is 0 Å². The summed E-state index contributed by atoms with van der Waals surface area (Å²) in [5.41, 5.74) is 3.40. The second kappa shape index (κ2) is 4.84. The van der Waals surface area contributed by atoms with Gasteiger partial charge in [0.15, 0.2) is 5.78 Å². The lowest BCUT2D eigenvalue weighted by Crippen LogP contribution is -2.10. The van der Waals surface area contributed by atoms with Crippen LogP contribution in [0, 0.1) is 5.92 Å². The fraction of sp³-hybridized carbons (Fsp3) is 0.471. The number of fused-ring (bicyclic) bond motifs is 1. The van der Waals surface area contributed by atoms with Crippen LogP contribution in [0.3, 0.4) is 0 Å². The predicted molar refractivity (Wildman–Crippen MR) is 78.6 cm³/mol. The predicted octanol–water partition coefficient (Wildman–Crippen LogP) is 4.11. The first-order valence-electron chi connectivity index (χ1n) is 7.33. The molecule has 2 nitrogen and oxygen atoms in total. The minimum Gasteiger partial charge on any atom is -0.350 e. The number of benzene rings is 1. The van der Waals surface area contributed by atoms with Crippen molar-refractivity contribution in [3.8, 4) is 0 Å². The minimum absolute atomic E-state index is 0.260. The molecule has 1 aliphatic carbocycles. The van der Waals surface area contributed by atoms with E-state index in [1.807, 2.05) is 13.2 Å². The molecule has 0 radical (unpaired) electrons. The van der Waals surface area contributed by atoms with Gasteiger partial charge >= 0.3 is 0 Å². The summed E-state index contributed by atoms with van der Waals surface area (Å²) in [6.07, 6.45) is 7.60. The summed E-state index contributed by atoms with van der Waals surface area (Å²) in [5, 5.41) is 1.14. The quantitative estimate of drug-likeness (QED) is 0.756. The van der Waals surface area contributed by atoms with Crippen LogP contribution in [0.2, 0.25) is 0 Å². The smallest absolute Gasteiger partial charge is 0.168 e. The third kappa shape index (κ3) is 2.09. The lowest BCUT2D eigenvalue weighted by atomic mass is 9.95. The second-order valence-electron chi connectivity index (χ2n) is 5.70. The molecule has 0 bridgehead atoms. The van der Waals surface area contributed by atoms with E-state index in [4.69, 9.17) is 0 Å². The summed E-state index contributed by atoms with van der Waals surface area (Å²) in [5.74, 6) is 0.618. The van der Waals surface area contributed by atoms with Crippen molar-refractivity contribution in [2.24, 2.45) is 13.0 Å². The first-order valence-corrected chi connectivity index (χ1v) is 7.33. The van der Waals surface area contributed by atoms with Crippen molar-refractivity contribution in [1.29, 1.82) is 0 Å². The second-order valence-corrected chi connectivity index (χ2v) is 5.70. The molecule has 100 valence electrons. The SMILES string of the molecule is CCc1ccc2c(c1)c(C(=O)C1CCCC1)cn2C. The van der Waals surface area contributed by atoms with E-state index >= 15 is 0 Å². The average Bonchev–Trinajstić information content (AvgIpc) is 3.06. The van der Waals surface area contributed by atoms with Crippen LogP contribution in [0.5, 0.6) is 0 Å². The number of nitrogens with zero attached hydrogens (tertiary/aromatic N) is 1. The summed E-state index contributed by atoms with van der Waals surface area (Å²) >= 11 is 0. The molecule has 1 aliphatic rings. The Morgan fingerprint density at radius 1 is 1.32 bits per heavy atom. The van der Waals surface area contributed by atoms with Gasteiger partial charge in [0.1, 0.15) is 0 Å². The van der Waals surface area contributed by atoms with E-state index in [-0.39, 0.29) is 5.92 Å². The highest BCUT2D eigenvalue weighted by Gasteiger charge is 2.26. The summed E-state index contributed by atoms with van der Waals surface area (Å²) in [6, 6.07) is 6.49. The molecule has 1 heterocycles. The van der Waals surface area contributed by atoms with Crippen molar-refractivity contribution < 1.29 is 4.79 Å². The molecule has 2 aromatic rings. The summed E-state index contributed by atoms with van der Waals surface area (Å²) < 4.78 is 2.08. The molecule has 19 heavy (non-hydrogen) atoms.